The monoisotopic (exact) mass is 1070 g/mol. The lowest BCUT2D eigenvalue weighted by Gasteiger charge is -2.26. The van der Waals surface area contributed by atoms with E-state index in [-0.39, 0.29) is 32.5 Å². The average Bonchev–Trinajstić information content (AvgIpc) is 2.66. The van der Waals surface area contributed by atoms with Gasteiger partial charge in [-0.05, 0) is 166 Å². The summed E-state index contributed by atoms with van der Waals surface area (Å²) in [5.74, 6) is 0. The summed E-state index contributed by atoms with van der Waals surface area (Å²) < 4.78 is 7.93. The standard InChI is InChI=1S/C78H78N2S/c1-73(2,3)49-27-44(28-50(38-49)74(4,5)6)43-23-24-63-56(33-43)59-34-47(45-29-51(75(7,8)9)39-52(30-45)76(10,11)12)35-60-57-42-66-58(41-65(57)79(63)71(59)60)61-36-48(46-31-53(77(13,14)15)40-54(32-46)78(16,17)18)37-62-69-64(80(66)72(61)62)25-26-68-70(69)55-21-19-20-22-67(55)81-68/h19-42H,1-18H3. The topological polar surface area (TPSA) is 8.82 Å². The third-order valence-corrected chi connectivity index (χ3v) is 19.5. The molecule has 3 heteroatoms. The van der Waals surface area contributed by atoms with Gasteiger partial charge in [-0.15, -0.1) is 11.3 Å². The van der Waals surface area contributed by atoms with Crippen LogP contribution in [-0.4, -0.2) is 8.80 Å². The Morgan fingerprint density at radius 3 is 1.04 bits per heavy atom. The van der Waals surface area contributed by atoms with E-state index in [0.29, 0.717) is 0 Å². The summed E-state index contributed by atoms with van der Waals surface area (Å²) in [6.45, 7) is 42.3. The molecule has 0 fully saturated rings. The second-order valence-electron chi connectivity index (χ2n) is 30.5. The van der Waals surface area contributed by atoms with Crippen LogP contribution in [0.25, 0.3) is 130 Å². The molecule has 406 valence electrons. The quantitative estimate of drug-likeness (QED) is 0.167. The third-order valence-electron chi connectivity index (χ3n) is 18.4. The smallest absolute Gasteiger partial charge is 0.0621 e. The number of thiophene rings is 1. The van der Waals surface area contributed by atoms with Crippen LogP contribution >= 0.6 is 11.3 Å². The fourth-order valence-electron chi connectivity index (χ4n) is 13.4. The van der Waals surface area contributed by atoms with Gasteiger partial charge in [-0.2, -0.15) is 0 Å². The van der Waals surface area contributed by atoms with Crippen LogP contribution in [0.1, 0.15) is 158 Å². The molecule has 14 aromatic rings. The molecule has 0 aliphatic rings. The number of fused-ring (bicyclic) bond motifs is 16. The summed E-state index contributed by atoms with van der Waals surface area (Å²) in [4.78, 5) is 0. The normalized spacial score (nSPS) is 13.8. The molecule has 0 atom stereocenters. The summed E-state index contributed by atoms with van der Waals surface area (Å²) in [5.41, 5.74) is 23.4. The summed E-state index contributed by atoms with van der Waals surface area (Å²) in [7, 11) is 0. The fourth-order valence-corrected chi connectivity index (χ4v) is 14.5. The number of nitrogens with zero attached hydrogens (tertiary/aromatic N) is 2. The Labute approximate surface area is 483 Å². The predicted octanol–water partition coefficient (Wildman–Crippen LogP) is 23.1. The van der Waals surface area contributed by atoms with Crippen LogP contribution in [-0.2, 0) is 32.5 Å². The van der Waals surface area contributed by atoms with E-state index >= 15 is 0 Å². The Balaban J connectivity index is 1.13. The highest BCUT2D eigenvalue weighted by molar-refractivity contribution is 7.26. The maximum Gasteiger partial charge on any atom is 0.0621 e. The first kappa shape index (κ1) is 51.9. The molecule has 0 saturated carbocycles. The molecule has 0 unspecified atom stereocenters. The van der Waals surface area contributed by atoms with Crippen LogP contribution < -0.4 is 0 Å². The molecular formula is C78H78N2S. The molecular weight excluding hydrogens is 997 g/mol. The highest BCUT2D eigenvalue weighted by atomic mass is 32.1. The van der Waals surface area contributed by atoms with E-state index in [1.807, 2.05) is 11.3 Å². The van der Waals surface area contributed by atoms with Crippen LogP contribution in [0.15, 0.2) is 146 Å². The predicted molar refractivity (Wildman–Crippen MR) is 357 cm³/mol. The Bertz CT molecular complexity index is 4860. The Kier molecular flexibility index (Phi) is 10.7. The molecule has 0 radical (unpaired) electrons. The molecule has 5 heterocycles. The number of hydrogen-bond acceptors (Lipinski definition) is 1. The van der Waals surface area contributed by atoms with Crippen molar-refractivity contribution in [1.29, 1.82) is 0 Å². The second-order valence-corrected chi connectivity index (χ2v) is 31.5. The fraction of sp³-hybridized carbons (Fsp3) is 0.308. The summed E-state index contributed by atoms with van der Waals surface area (Å²) >= 11 is 1.91. The molecule has 81 heavy (non-hydrogen) atoms. The minimum Gasteiger partial charge on any atom is -0.308 e. The first-order valence-electron chi connectivity index (χ1n) is 29.6. The molecule has 9 aromatic carbocycles. The van der Waals surface area contributed by atoms with Crippen LogP contribution in [0.2, 0.25) is 0 Å². The lowest BCUT2D eigenvalue weighted by Crippen LogP contribution is -2.16. The first-order valence-corrected chi connectivity index (χ1v) is 30.5. The Hall–Kier alpha value is -7.20. The van der Waals surface area contributed by atoms with Crippen molar-refractivity contribution in [3.8, 4) is 33.4 Å². The molecule has 0 bridgehead atoms. The van der Waals surface area contributed by atoms with Gasteiger partial charge >= 0.3 is 0 Å². The lowest BCUT2D eigenvalue weighted by molar-refractivity contribution is 0.568. The summed E-state index contributed by atoms with van der Waals surface area (Å²) in [6.07, 6.45) is 0. The van der Waals surface area contributed by atoms with Crippen molar-refractivity contribution < 1.29 is 0 Å². The minimum atomic E-state index is -0.0205. The summed E-state index contributed by atoms with van der Waals surface area (Å²) in [5, 5.41) is 13.1. The van der Waals surface area contributed by atoms with E-state index < -0.39 is 0 Å². The number of aromatic nitrogens is 2. The van der Waals surface area contributed by atoms with Gasteiger partial charge in [0, 0.05) is 63.3 Å². The van der Waals surface area contributed by atoms with E-state index in [1.165, 1.54) is 163 Å². The van der Waals surface area contributed by atoms with Crippen molar-refractivity contribution in [2.75, 3.05) is 0 Å². The van der Waals surface area contributed by atoms with E-state index in [9.17, 15) is 0 Å². The van der Waals surface area contributed by atoms with Crippen molar-refractivity contribution in [1.82, 2.24) is 8.80 Å². The SMILES string of the molecule is CC(C)(C)c1cc(-c2ccc3c(c2)c2cc(-c4cc(C(C)(C)C)cc(C(C)(C)C)c4)cc4c5cc6c(cc5n3c24)c2cc(-c3cc(C(C)(C)C)cc(C(C)(C)C)c3)cc3c4c5c(ccc4n6c23)sc2ccccc25)cc(C(C)(C)C)c1. The molecule has 0 N–H and O–H groups in total. The van der Waals surface area contributed by atoms with Gasteiger partial charge in [0.1, 0.15) is 0 Å². The highest BCUT2D eigenvalue weighted by Crippen LogP contribution is 2.51. The molecule has 0 saturated heterocycles. The Morgan fingerprint density at radius 1 is 0.247 bits per heavy atom. The van der Waals surface area contributed by atoms with Gasteiger partial charge in [0.15, 0.2) is 0 Å². The van der Waals surface area contributed by atoms with Crippen molar-refractivity contribution in [2.45, 2.75) is 157 Å². The van der Waals surface area contributed by atoms with E-state index in [4.69, 9.17) is 0 Å². The van der Waals surface area contributed by atoms with Gasteiger partial charge in [0.25, 0.3) is 0 Å². The first-order chi connectivity index (χ1) is 37.9. The Morgan fingerprint density at radius 2 is 0.593 bits per heavy atom. The average molecular weight is 1080 g/mol. The third kappa shape index (κ3) is 7.98. The van der Waals surface area contributed by atoms with Crippen LogP contribution in [0.4, 0.5) is 0 Å². The molecule has 5 aromatic heterocycles. The zero-order chi connectivity index (χ0) is 57.2. The lowest BCUT2D eigenvalue weighted by atomic mass is 9.78. The number of rotatable bonds is 3. The van der Waals surface area contributed by atoms with Crippen molar-refractivity contribution in [3.05, 3.63) is 179 Å². The van der Waals surface area contributed by atoms with Gasteiger partial charge in [0.05, 0.1) is 33.1 Å². The zero-order valence-electron chi connectivity index (χ0n) is 51.2. The molecule has 14 rings (SSSR count). The van der Waals surface area contributed by atoms with E-state index in [2.05, 4.69) is 279 Å². The van der Waals surface area contributed by atoms with E-state index in [0.717, 1.165) is 0 Å². The van der Waals surface area contributed by atoms with Gasteiger partial charge in [-0.3, -0.25) is 0 Å². The van der Waals surface area contributed by atoms with Crippen LogP contribution in [0, 0.1) is 0 Å². The maximum atomic E-state index is 2.64. The van der Waals surface area contributed by atoms with Gasteiger partial charge in [-0.1, -0.05) is 203 Å². The molecule has 0 spiro atoms. The van der Waals surface area contributed by atoms with Crippen LogP contribution in [0.5, 0.6) is 0 Å². The minimum absolute atomic E-state index is 0.00682. The van der Waals surface area contributed by atoms with Crippen LogP contribution in [0.3, 0.4) is 0 Å². The molecule has 0 aliphatic heterocycles. The van der Waals surface area contributed by atoms with Gasteiger partial charge < -0.3 is 8.80 Å². The largest absolute Gasteiger partial charge is 0.308 e. The second kappa shape index (κ2) is 16.7. The summed E-state index contributed by atoms with van der Waals surface area (Å²) in [6, 6.07) is 58.6. The zero-order valence-corrected chi connectivity index (χ0v) is 52.0. The van der Waals surface area contributed by atoms with Gasteiger partial charge in [-0.25, -0.2) is 0 Å². The molecule has 0 amide bonds. The van der Waals surface area contributed by atoms with Crippen molar-refractivity contribution in [2.24, 2.45) is 0 Å². The number of hydrogen-bond donors (Lipinski definition) is 0. The van der Waals surface area contributed by atoms with Crippen molar-refractivity contribution >= 4 is 108 Å². The molecule has 0 aliphatic carbocycles. The maximum absolute atomic E-state index is 2.64. The number of benzene rings is 9. The molecule has 2 nitrogen and oxygen atoms in total. The highest BCUT2D eigenvalue weighted by Gasteiger charge is 2.29. The van der Waals surface area contributed by atoms with Crippen molar-refractivity contribution in [3.63, 3.8) is 0 Å². The van der Waals surface area contributed by atoms with Gasteiger partial charge in [0.2, 0.25) is 0 Å². The van der Waals surface area contributed by atoms with E-state index in [1.54, 1.807) is 0 Å².